The lowest BCUT2D eigenvalue weighted by Gasteiger charge is -2.10. The highest BCUT2D eigenvalue weighted by Gasteiger charge is 2.11. The second-order valence-electron chi connectivity index (χ2n) is 6.25. The molecule has 0 aliphatic heterocycles. The number of hydrogen-bond donors (Lipinski definition) is 0. The Morgan fingerprint density at radius 2 is 1.40 bits per heavy atom. The van der Waals surface area contributed by atoms with Gasteiger partial charge in [0.05, 0.1) is 0 Å². The molecule has 0 spiro atoms. The molecule has 0 aromatic heterocycles. The van der Waals surface area contributed by atoms with Crippen molar-refractivity contribution in [3.05, 3.63) is 60.2 Å². The monoisotopic (exact) mass is 340 g/mol. The molecule has 0 saturated heterocycles. The Morgan fingerprint density at radius 1 is 0.760 bits per heavy atom. The summed E-state index contributed by atoms with van der Waals surface area (Å²) in [6.07, 6.45) is 9.09. The van der Waals surface area contributed by atoms with E-state index in [2.05, 4.69) is 6.92 Å². The van der Waals surface area contributed by atoms with Gasteiger partial charge >= 0.3 is 6.16 Å². The summed E-state index contributed by atoms with van der Waals surface area (Å²) in [5.74, 6) is 1.08. The molecule has 0 aliphatic rings. The van der Waals surface area contributed by atoms with Crippen LogP contribution in [0.3, 0.4) is 0 Å². The van der Waals surface area contributed by atoms with E-state index in [4.69, 9.17) is 9.47 Å². The lowest BCUT2D eigenvalue weighted by molar-refractivity contribution is 0.151. The Bertz CT molecular complexity index is 622. The summed E-state index contributed by atoms with van der Waals surface area (Å²) < 4.78 is 10.6. The van der Waals surface area contributed by atoms with Crippen LogP contribution in [-0.2, 0) is 6.42 Å². The fourth-order valence-corrected chi connectivity index (χ4v) is 2.78. The first-order valence-corrected chi connectivity index (χ1v) is 9.32. The fourth-order valence-electron chi connectivity index (χ4n) is 2.78. The summed E-state index contributed by atoms with van der Waals surface area (Å²) in [4.78, 5) is 12.0. The highest BCUT2D eigenvalue weighted by atomic mass is 16.7. The maximum absolute atomic E-state index is 12.0. The van der Waals surface area contributed by atoms with Crippen molar-refractivity contribution in [1.82, 2.24) is 0 Å². The predicted molar refractivity (Wildman–Crippen MR) is 101 cm³/mol. The van der Waals surface area contributed by atoms with Gasteiger partial charge in [-0.25, -0.2) is 4.79 Å². The van der Waals surface area contributed by atoms with E-state index in [1.54, 1.807) is 12.1 Å². The molecule has 0 amide bonds. The molecular weight excluding hydrogens is 312 g/mol. The molecule has 0 fully saturated rings. The SMILES string of the molecule is CCCCCCCCCc1ccccc1OC(=O)Oc1ccccc1. The summed E-state index contributed by atoms with van der Waals surface area (Å²) in [5, 5.41) is 0. The predicted octanol–water partition coefficient (Wildman–Crippen LogP) is 6.56. The summed E-state index contributed by atoms with van der Waals surface area (Å²) in [5.41, 5.74) is 1.06. The minimum atomic E-state index is -0.696. The van der Waals surface area contributed by atoms with Crippen LogP contribution in [0.25, 0.3) is 0 Å². The molecule has 0 N–H and O–H groups in total. The maximum atomic E-state index is 12.0. The molecule has 0 saturated carbocycles. The van der Waals surface area contributed by atoms with Crippen molar-refractivity contribution in [2.45, 2.75) is 58.3 Å². The Kier molecular flexibility index (Phi) is 8.60. The van der Waals surface area contributed by atoms with Gasteiger partial charge in [0.15, 0.2) is 0 Å². The molecule has 2 rings (SSSR count). The van der Waals surface area contributed by atoms with Gasteiger partial charge in [0, 0.05) is 0 Å². The summed E-state index contributed by atoms with van der Waals surface area (Å²) in [6, 6.07) is 16.7. The van der Waals surface area contributed by atoms with Crippen LogP contribution in [0.4, 0.5) is 4.79 Å². The van der Waals surface area contributed by atoms with Crippen LogP contribution >= 0.6 is 0 Å². The molecule has 0 unspecified atom stereocenters. The first kappa shape index (κ1) is 19.0. The first-order chi connectivity index (χ1) is 12.3. The molecule has 2 aromatic carbocycles. The Labute approximate surface area is 151 Å². The van der Waals surface area contributed by atoms with Crippen molar-refractivity contribution in [2.24, 2.45) is 0 Å². The van der Waals surface area contributed by atoms with E-state index in [9.17, 15) is 4.79 Å². The number of para-hydroxylation sites is 2. The van der Waals surface area contributed by atoms with Gasteiger partial charge in [-0.05, 0) is 36.6 Å². The van der Waals surface area contributed by atoms with Crippen LogP contribution in [0.15, 0.2) is 54.6 Å². The summed E-state index contributed by atoms with van der Waals surface area (Å²) >= 11 is 0. The van der Waals surface area contributed by atoms with E-state index in [-0.39, 0.29) is 0 Å². The number of ether oxygens (including phenoxy) is 2. The van der Waals surface area contributed by atoms with Crippen molar-refractivity contribution in [2.75, 3.05) is 0 Å². The second-order valence-corrected chi connectivity index (χ2v) is 6.25. The van der Waals surface area contributed by atoms with Crippen molar-refractivity contribution in [3.8, 4) is 11.5 Å². The molecule has 2 aromatic rings. The molecule has 25 heavy (non-hydrogen) atoms. The van der Waals surface area contributed by atoms with E-state index in [0.717, 1.165) is 18.4 Å². The number of hydrogen-bond acceptors (Lipinski definition) is 3. The van der Waals surface area contributed by atoms with Gasteiger partial charge in [0.2, 0.25) is 0 Å². The summed E-state index contributed by atoms with van der Waals surface area (Å²) in [6.45, 7) is 2.24. The van der Waals surface area contributed by atoms with Crippen molar-refractivity contribution in [1.29, 1.82) is 0 Å². The molecule has 0 atom stereocenters. The van der Waals surface area contributed by atoms with E-state index in [1.165, 1.54) is 38.5 Å². The molecular formula is C22H28O3. The van der Waals surface area contributed by atoms with Crippen LogP contribution in [0.1, 0.15) is 57.4 Å². The number of unbranched alkanes of at least 4 members (excludes halogenated alkanes) is 6. The van der Waals surface area contributed by atoms with E-state index >= 15 is 0 Å². The largest absolute Gasteiger partial charge is 0.519 e. The highest BCUT2D eigenvalue weighted by molar-refractivity contribution is 5.67. The highest BCUT2D eigenvalue weighted by Crippen LogP contribution is 2.22. The Morgan fingerprint density at radius 3 is 2.16 bits per heavy atom. The number of aryl methyl sites for hydroxylation is 1. The van der Waals surface area contributed by atoms with Gasteiger partial charge in [0.1, 0.15) is 11.5 Å². The zero-order chi connectivity index (χ0) is 17.7. The zero-order valence-electron chi connectivity index (χ0n) is 15.1. The van der Waals surface area contributed by atoms with Gasteiger partial charge in [-0.3, -0.25) is 0 Å². The average molecular weight is 340 g/mol. The van der Waals surface area contributed by atoms with E-state index in [0.29, 0.717) is 11.5 Å². The molecule has 3 nitrogen and oxygen atoms in total. The third-order valence-electron chi connectivity index (χ3n) is 4.16. The van der Waals surface area contributed by atoms with Crippen molar-refractivity contribution in [3.63, 3.8) is 0 Å². The van der Waals surface area contributed by atoms with Crippen molar-refractivity contribution >= 4 is 6.16 Å². The quantitative estimate of drug-likeness (QED) is 0.279. The van der Waals surface area contributed by atoms with Gasteiger partial charge in [-0.1, -0.05) is 81.8 Å². The molecule has 0 aliphatic carbocycles. The molecule has 134 valence electrons. The Hall–Kier alpha value is -2.29. The minimum Gasteiger partial charge on any atom is -0.395 e. The van der Waals surface area contributed by atoms with Crippen LogP contribution < -0.4 is 9.47 Å². The van der Waals surface area contributed by atoms with Gasteiger partial charge in [-0.15, -0.1) is 0 Å². The zero-order valence-corrected chi connectivity index (χ0v) is 15.1. The average Bonchev–Trinajstić information content (AvgIpc) is 2.63. The lowest BCUT2D eigenvalue weighted by Crippen LogP contribution is -2.14. The van der Waals surface area contributed by atoms with Gasteiger partial charge in [-0.2, -0.15) is 0 Å². The number of carbonyl (C=O) groups is 1. The van der Waals surface area contributed by atoms with E-state index < -0.39 is 6.16 Å². The first-order valence-electron chi connectivity index (χ1n) is 9.32. The third kappa shape index (κ3) is 7.42. The van der Waals surface area contributed by atoms with Crippen LogP contribution in [0.2, 0.25) is 0 Å². The number of benzene rings is 2. The molecule has 0 heterocycles. The third-order valence-corrected chi connectivity index (χ3v) is 4.16. The lowest BCUT2D eigenvalue weighted by atomic mass is 10.0. The molecule has 0 bridgehead atoms. The topological polar surface area (TPSA) is 35.5 Å². The second kappa shape index (κ2) is 11.3. The van der Waals surface area contributed by atoms with Gasteiger partial charge < -0.3 is 9.47 Å². The van der Waals surface area contributed by atoms with Crippen LogP contribution in [0, 0.1) is 0 Å². The molecule has 3 heteroatoms. The number of rotatable bonds is 10. The van der Waals surface area contributed by atoms with Crippen LogP contribution in [-0.4, -0.2) is 6.16 Å². The summed E-state index contributed by atoms with van der Waals surface area (Å²) in [7, 11) is 0. The number of carbonyl (C=O) groups excluding carboxylic acids is 1. The van der Waals surface area contributed by atoms with Crippen molar-refractivity contribution < 1.29 is 14.3 Å². The minimum absolute atomic E-state index is 0.483. The normalized spacial score (nSPS) is 10.4. The fraction of sp³-hybridized carbons (Fsp3) is 0.409. The standard InChI is InChI=1S/C22H28O3/c1-2-3-4-5-6-7-9-14-19-15-12-13-18-21(19)25-22(23)24-20-16-10-8-11-17-20/h8,10-13,15-18H,2-7,9,14H2,1H3. The maximum Gasteiger partial charge on any atom is 0.519 e. The van der Waals surface area contributed by atoms with Crippen LogP contribution in [0.5, 0.6) is 11.5 Å². The van der Waals surface area contributed by atoms with E-state index in [1.807, 2.05) is 42.5 Å². The molecule has 0 radical (unpaired) electrons. The van der Waals surface area contributed by atoms with Gasteiger partial charge in [0.25, 0.3) is 0 Å². The Balaban J connectivity index is 1.78. The smallest absolute Gasteiger partial charge is 0.395 e.